The molecule has 28 heavy (non-hydrogen) atoms. The number of Topliss-reactive ketones (excluding diaryl/α,β-unsaturated/α-hetero) is 1. The summed E-state index contributed by atoms with van der Waals surface area (Å²) in [5, 5.41) is 2.69. The topological polar surface area (TPSA) is 55.4 Å². The normalized spacial score (nSPS) is 10.8. The average molecular weight is 375 g/mol. The summed E-state index contributed by atoms with van der Waals surface area (Å²) in [6.07, 6.45) is -0.632. The number of carbonyl (C=O) groups is 2. The van der Waals surface area contributed by atoms with Gasteiger partial charge in [0.05, 0.1) is 0 Å². The number of amides is 1. The third kappa shape index (κ3) is 6.09. The highest BCUT2D eigenvalue weighted by molar-refractivity contribution is 6.02. The maximum absolute atomic E-state index is 12.9. The van der Waals surface area contributed by atoms with Gasteiger partial charge in [-0.1, -0.05) is 105 Å². The van der Waals surface area contributed by atoms with Gasteiger partial charge in [0.1, 0.15) is 12.6 Å². The summed E-state index contributed by atoms with van der Waals surface area (Å²) in [5.41, 5.74) is 2.12. The first-order valence-corrected chi connectivity index (χ1v) is 9.35. The average Bonchev–Trinajstić information content (AvgIpc) is 2.79. The lowest BCUT2D eigenvalue weighted by molar-refractivity contribution is 0.0916. The van der Waals surface area contributed by atoms with Crippen molar-refractivity contribution in [2.45, 2.75) is 26.5 Å². The van der Waals surface area contributed by atoms with Crippen LogP contribution in [0.15, 0.2) is 91.0 Å². The Kier molecular flexibility index (Phi) is 8.47. The highest BCUT2D eigenvalue weighted by Crippen LogP contribution is 2.19. The molecule has 0 spiro atoms. The van der Waals surface area contributed by atoms with Crippen molar-refractivity contribution in [3.05, 3.63) is 108 Å². The fourth-order valence-corrected chi connectivity index (χ4v) is 2.60. The van der Waals surface area contributed by atoms with Crippen LogP contribution in [-0.4, -0.2) is 11.9 Å². The zero-order chi connectivity index (χ0) is 20.2. The van der Waals surface area contributed by atoms with E-state index in [-0.39, 0.29) is 12.4 Å². The van der Waals surface area contributed by atoms with Gasteiger partial charge in [-0.2, -0.15) is 0 Å². The van der Waals surface area contributed by atoms with Crippen molar-refractivity contribution < 1.29 is 14.3 Å². The standard InChI is InChI=1S/C22H19NO3.C2H6/c24-21(19-14-8-3-9-15-19)20(18-12-6-2-7-13-18)23-22(25)26-16-17-10-4-1-5-11-17;1-2/h1-15,20H,16H2,(H,23,25);1-2H3. The molecular weight excluding hydrogens is 350 g/mol. The number of benzene rings is 3. The molecule has 0 radical (unpaired) electrons. The highest BCUT2D eigenvalue weighted by atomic mass is 16.5. The Morgan fingerprint density at radius 3 is 1.86 bits per heavy atom. The quantitative estimate of drug-likeness (QED) is 0.574. The fraction of sp³-hybridized carbons (Fsp3) is 0.167. The molecular formula is C24H25NO3. The second-order valence-corrected chi connectivity index (χ2v) is 5.78. The van der Waals surface area contributed by atoms with Gasteiger partial charge in [0.15, 0.2) is 5.78 Å². The lowest BCUT2D eigenvalue weighted by Gasteiger charge is -2.18. The number of ether oxygens (including phenoxy) is 1. The fourth-order valence-electron chi connectivity index (χ4n) is 2.60. The summed E-state index contributed by atoms with van der Waals surface area (Å²) in [4.78, 5) is 25.1. The van der Waals surface area contributed by atoms with E-state index in [1.807, 2.05) is 80.6 Å². The van der Waals surface area contributed by atoms with Crippen LogP contribution in [0, 0.1) is 0 Å². The molecule has 1 amide bonds. The number of ketones is 1. The van der Waals surface area contributed by atoms with Crippen molar-refractivity contribution in [1.29, 1.82) is 0 Å². The van der Waals surface area contributed by atoms with Crippen molar-refractivity contribution in [2.75, 3.05) is 0 Å². The van der Waals surface area contributed by atoms with Gasteiger partial charge in [-0.3, -0.25) is 4.79 Å². The van der Waals surface area contributed by atoms with Crippen LogP contribution in [0.3, 0.4) is 0 Å². The second kappa shape index (κ2) is 11.3. The first-order chi connectivity index (χ1) is 13.7. The highest BCUT2D eigenvalue weighted by Gasteiger charge is 2.24. The Balaban J connectivity index is 0.00000136. The molecule has 0 heterocycles. The van der Waals surface area contributed by atoms with E-state index < -0.39 is 12.1 Å². The molecule has 0 fully saturated rings. The van der Waals surface area contributed by atoms with Crippen LogP contribution in [0.4, 0.5) is 4.79 Å². The van der Waals surface area contributed by atoms with Crippen LogP contribution in [0.2, 0.25) is 0 Å². The lowest BCUT2D eigenvalue weighted by Crippen LogP contribution is -2.34. The summed E-state index contributed by atoms with van der Waals surface area (Å²) >= 11 is 0. The zero-order valence-electron chi connectivity index (χ0n) is 16.2. The number of hydrogen-bond acceptors (Lipinski definition) is 3. The van der Waals surface area contributed by atoms with Crippen molar-refractivity contribution in [1.82, 2.24) is 5.32 Å². The molecule has 3 aromatic carbocycles. The summed E-state index contributed by atoms with van der Waals surface area (Å²) in [7, 11) is 0. The monoisotopic (exact) mass is 375 g/mol. The SMILES string of the molecule is CC.O=C(NC(C(=O)c1ccccc1)c1ccccc1)OCc1ccccc1. The van der Waals surface area contributed by atoms with Gasteiger partial charge in [0.25, 0.3) is 0 Å². The lowest BCUT2D eigenvalue weighted by atomic mass is 9.97. The molecule has 0 bridgehead atoms. The first-order valence-electron chi connectivity index (χ1n) is 9.35. The van der Waals surface area contributed by atoms with E-state index in [0.717, 1.165) is 5.56 Å². The Morgan fingerprint density at radius 2 is 1.29 bits per heavy atom. The van der Waals surface area contributed by atoms with Crippen molar-refractivity contribution in [3.63, 3.8) is 0 Å². The van der Waals surface area contributed by atoms with Gasteiger partial charge < -0.3 is 10.1 Å². The number of nitrogens with one attached hydrogen (secondary N) is 1. The van der Waals surface area contributed by atoms with Crippen molar-refractivity contribution in [2.24, 2.45) is 0 Å². The van der Waals surface area contributed by atoms with Gasteiger partial charge in [0.2, 0.25) is 0 Å². The van der Waals surface area contributed by atoms with Crippen LogP contribution in [0.5, 0.6) is 0 Å². The van der Waals surface area contributed by atoms with Crippen LogP contribution in [0.25, 0.3) is 0 Å². The smallest absolute Gasteiger partial charge is 0.408 e. The minimum Gasteiger partial charge on any atom is -0.445 e. The van der Waals surface area contributed by atoms with Crippen molar-refractivity contribution >= 4 is 11.9 Å². The van der Waals surface area contributed by atoms with E-state index in [2.05, 4.69) is 5.32 Å². The van der Waals surface area contributed by atoms with E-state index >= 15 is 0 Å². The molecule has 4 nitrogen and oxygen atoms in total. The van der Waals surface area contributed by atoms with Gasteiger partial charge in [-0.25, -0.2) is 4.79 Å². The predicted octanol–water partition coefficient (Wildman–Crippen LogP) is 5.56. The largest absolute Gasteiger partial charge is 0.445 e. The van der Waals surface area contributed by atoms with Crippen LogP contribution < -0.4 is 5.32 Å². The molecule has 0 aliphatic heterocycles. The molecule has 1 N–H and O–H groups in total. The van der Waals surface area contributed by atoms with Gasteiger partial charge >= 0.3 is 6.09 Å². The molecule has 0 aliphatic rings. The second-order valence-electron chi connectivity index (χ2n) is 5.78. The number of alkyl carbamates (subject to hydrolysis) is 1. The molecule has 0 saturated heterocycles. The maximum atomic E-state index is 12.9. The molecule has 144 valence electrons. The van der Waals surface area contributed by atoms with E-state index in [4.69, 9.17) is 4.74 Å². The third-order valence-electron chi connectivity index (χ3n) is 3.93. The molecule has 0 saturated carbocycles. The molecule has 1 atom stereocenters. The maximum Gasteiger partial charge on any atom is 0.408 e. The first kappa shape index (κ1) is 20.9. The molecule has 3 rings (SSSR count). The number of rotatable bonds is 6. The van der Waals surface area contributed by atoms with Gasteiger partial charge in [-0.15, -0.1) is 0 Å². The predicted molar refractivity (Wildman–Crippen MR) is 111 cm³/mol. The Hall–Kier alpha value is -3.40. The van der Waals surface area contributed by atoms with E-state index in [0.29, 0.717) is 11.1 Å². The van der Waals surface area contributed by atoms with E-state index in [1.54, 1.807) is 24.3 Å². The Labute approximate surface area is 166 Å². The minimum absolute atomic E-state index is 0.147. The minimum atomic E-state index is -0.804. The molecule has 1 unspecified atom stereocenters. The Morgan fingerprint density at radius 1 is 0.786 bits per heavy atom. The number of carbonyl (C=O) groups excluding carboxylic acids is 2. The van der Waals surface area contributed by atoms with Crippen LogP contribution in [-0.2, 0) is 11.3 Å². The number of hydrogen-bond donors (Lipinski definition) is 1. The van der Waals surface area contributed by atoms with Gasteiger partial charge in [-0.05, 0) is 11.1 Å². The van der Waals surface area contributed by atoms with Crippen LogP contribution >= 0.6 is 0 Å². The summed E-state index contributed by atoms with van der Waals surface area (Å²) in [6.45, 7) is 4.15. The zero-order valence-corrected chi connectivity index (χ0v) is 16.2. The molecule has 0 aliphatic carbocycles. The summed E-state index contributed by atoms with van der Waals surface area (Å²) in [5.74, 6) is -0.187. The summed E-state index contributed by atoms with van der Waals surface area (Å²) < 4.78 is 5.26. The van der Waals surface area contributed by atoms with E-state index in [9.17, 15) is 9.59 Å². The van der Waals surface area contributed by atoms with Crippen molar-refractivity contribution in [3.8, 4) is 0 Å². The third-order valence-corrected chi connectivity index (χ3v) is 3.93. The molecule has 3 aromatic rings. The molecule has 4 heteroatoms. The molecule has 0 aromatic heterocycles. The van der Waals surface area contributed by atoms with Gasteiger partial charge in [0, 0.05) is 5.56 Å². The van der Waals surface area contributed by atoms with E-state index in [1.165, 1.54) is 0 Å². The van der Waals surface area contributed by atoms with Crippen LogP contribution in [0.1, 0.15) is 41.4 Å². The summed E-state index contributed by atoms with van der Waals surface area (Å²) in [6, 6.07) is 26.6. The Bertz CT molecular complexity index is 849.